The number of carbonyl (C=O) groups excluding carboxylic acids is 6. The average molecular weight is 910 g/mol. The minimum absolute atomic E-state index is 0.00472. The van der Waals surface area contributed by atoms with E-state index in [1.807, 2.05) is 6.92 Å². The van der Waals surface area contributed by atoms with Crippen molar-refractivity contribution in [3.05, 3.63) is 119 Å². The number of nitrogens with one attached hydrogen (secondary N) is 1. The van der Waals surface area contributed by atoms with Gasteiger partial charge >= 0.3 is 23.9 Å². The van der Waals surface area contributed by atoms with Crippen molar-refractivity contribution < 1.29 is 67.8 Å². The van der Waals surface area contributed by atoms with Crippen molar-refractivity contribution in [1.82, 2.24) is 5.32 Å². The Hall–Kier alpha value is -5.74. The number of carbonyl (C=O) groups is 6. The molecule has 0 spiro atoms. The van der Waals surface area contributed by atoms with Crippen LogP contribution in [0.5, 0.6) is 0 Å². The number of aliphatic hydroxyl groups is 3. The second-order valence-corrected chi connectivity index (χ2v) is 18.7. The Balaban J connectivity index is 1.38. The largest absolute Gasteiger partial charge is 0.456 e. The predicted molar refractivity (Wildman–Crippen MR) is 236 cm³/mol. The minimum Gasteiger partial charge on any atom is -0.456 e. The summed E-state index contributed by atoms with van der Waals surface area (Å²) in [7, 11) is 0. The van der Waals surface area contributed by atoms with Crippen molar-refractivity contribution in [2.45, 2.75) is 134 Å². The summed E-state index contributed by atoms with van der Waals surface area (Å²) in [6, 6.07) is 23.1. The van der Waals surface area contributed by atoms with Gasteiger partial charge in [0.25, 0.3) is 5.91 Å². The number of benzene rings is 3. The molecule has 1 saturated heterocycles. The van der Waals surface area contributed by atoms with Gasteiger partial charge < -0.3 is 44.3 Å². The third-order valence-corrected chi connectivity index (χ3v) is 14.4. The molecule has 1 amide bonds. The zero-order chi connectivity index (χ0) is 47.8. The first-order chi connectivity index (χ1) is 31.3. The molecular formula is C51H59NO14. The van der Waals surface area contributed by atoms with Gasteiger partial charge in [-0.2, -0.15) is 0 Å². The predicted octanol–water partition coefficient (Wildman–Crippen LogP) is 5.30. The summed E-state index contributed by atoms with van der Waals surface area (Å²) in [5.41, 5.74) is -7.01. The molecule has 0 aromatic heterocycles. The molecule has 4 N–H and O–H groups in total. The van der Waals surface area contributed by atoms with Gasteiger partial charge in [0.15, 0.2) is 23.6 Å². The van der Waals surface area contributed by atoms with Crippen molar-refractivity contribution >= 4 is 35.6 Å². The van der Waals surface area contributed by atoms with E-state index < -0.39 is 113 Å². The molecule has 3 aromatic carbocycles. The first-order valence-electron chi connectivity index (χ1n) is 22.5. The number of fused-ring (bicyclic) bond motifs is 5. The summed E-state index contributed by atoms with van der Waals surface area (Å²) in [5.74, 6) is -6.65. The zero-order valence-corrected chi connectivity index (χ0v) is 38.1. The van der Waals surface area contributed by atoms with Gasteiger partial charge in [-0.25, -0.2) is 9.59 Å². The standard InChI is InChI=1S/C51H59NO14/c1-7-8-12-25-37(55)66-50-28-62-36(50)26-35(54)49(6)42(50)44(65-46(59)33-23-17-11-18-24-33)51(61)27-34(29(2)38(48(51,4)5)41(43(49)57)63-30(3)53)64-47(60)40(56)39(31-19-13-9-14-20-31)52-45(58)32-21-15-10-16-22-32/h9-11,13-24,34-36,39-42,44,54,56,61H,7-8,12,25-28H2,1-6H3,(H,52,58)/t34-,35-,36+,39?,40+,41+,42?,44-,49+,50-,51+/m0/s1. The van der Waals surface area contributed by atoms with E-state index in [1.54, 1.807) is 92.7 Å². The van der Waals surface area contributed by atoms with E-state index in [2.05, 4.69) is 5.32 Å². The normalized spacial score (nSPS) is 30.7. The van der Waals surface area contributed by atoms with Crippen LogP contribution in [0.15, 0.2) is 102 Å². The van der Waals surface area contributed by atoms with Crippen LogP contribution in [0.4, 0.5) is 0 Å². The maximum Gasteiger partial charge on any atom is 0.338 e. The molecule has 3 fully saturated rings. The van der Waals surface area contributed by atoms with Crippen LogP contribution in [0.3, 0.4) is 0 Å². The lowest BCUT2D eigenvalue weighted by Crippen LogP contribution is -2.82. The highest BCUT2D eigenvalue weighted by molar-refractivity contribution is 5.96. The van der Waals surface area contributed by atoms with Crippen molar-refractivity contribution in [1.29, 1.82) is 0 Å². The highest BCUT2D eigenvalue weighted by atomic mass is 16.6. The van der Waals surface area contributed by atoms with Gasteiger partial charge in [0, 0.05) is 37.2 Å². The van der Waals surface area contributed by atoms with Crippen LogP contribution in [0.25, 0.3) is 0 Å². The number of rotatable bonds is 14. The number of hydrogen-bond donors (Lipinski definition) is 4. The number of amides is 1. The molecule has 11 atom stereocenters. The quantitative estimate of drug-likeness (QED) is 0.0699. The molecule has 1 heterocycles. The minimum atomic E-state index is -2.40. The molecule has 2 bridgehead atoms. The summed E-state index contributed by atoms with van der Waals surface area (Å²) in [6.07, 6.45) is -8.47. The molecule has 7 rings (SSSR count). The Bertz CT molecular complexity index is 2350. The molecule has 4 aliphatic rings. The van der Waals surface area contributed by atoms with Crippen molar-refractivity contribution in [3.63, 3.8) is 0 Å². The molecule has 2 unspecified atom stereocenters. The highest BCUT2D eigenvalue weighted by Crippen LogP contribution is 2.64. The van der Waals surface area contributed by atoms with E-state index >= 15 is 4.79 Å². The first-order valence-corrected chi connectivity index (χ1v) is 22.5. The van der Waals surface area contributed by atoms with Crippen LogP contribution < -0.4 is 5.32 Å². The highest BCUT2D eigenvalue weighted by Gasteiger charge is 2.78. The van der Waals surface area contributed by atoms with Crippen molar-refractivity contribution in [2.24, 2.45) is 16.7 Å². The van der Waals surface area contributed by atoms with Gasteiger partial charge in [-0.15, -0.1) is 0 Å². The molecule has 66 heavy (non-hydrogen) atoms. The number of ether oxygens (including phenoxy) is 5. The number of hydrogen-bond acceptors (Lipinski definition) is 14. The summed E-state index contributed by atoms with van der Waals surface area (Å²) in [4.78, 5) is 85.0. The van der Waals surface area contributed by atoms with E-state index in [1.165, 1.54) is 26.0 Å². The van der Waals surface area contributed by atoms with E-state index in [-0.39, 0.29) is 41.7 Å². The topological polar surface area (TPSA) is 221 Å². The zero-order valence-electron chi connectivity index (χ0n) is 38.1. The van der Waals surface area contributed by atoms with Gasteiger partial charge in [0.05, 0.1) is 35.6 Å². The molecular weight excluding hydrogens is 851 g/mol. The number of Topliss-reactive ketones (excluding diaryl/α,β-unsaturated/α-hetero) is 1. The number of ketones is 1. The van der Waals surface area contributed by atoms with Gasteiger partial charge in [-0.1, -0.05) is 100 Å². The van der Waals surface area contributed by atoms with Crippen LogP contribution in [0.1, 0.15) is 112 Å². The Labute approximate surface area is 383 Å². The maximum atomic E-state index is 15.7. The molecule has 15 nitrogen and oxygen atoms in total. The van der Waals surface area contributed by atoms with Crippen LogP contribution in [-0.2, 0) is 42.9 Å². The number of aliphatic hydroxyl groups excluding tert-OH is 2. The Kier molecular flexibility index (Phi) is 13.8. The average Bonchev–Trinajstić information content (AvgIpc) is 3.29. The lowest BCUT2D eigenvalue weighted by atomic mass is 9.44. The Morgan fingerprint density at radius 1 is 0.864 bits per heavy atom. The van der Waals surface area contributed by atoms with Gasteiger partial charge in [0.1, 0.15) is 23.9 Å². The van der Waals surface area contributed by atoms with Crippen molar-refractivity contribution in [2.75, 3.05) is 6.61 Å². The van der Waals surface area contributed by atoms with Gasteiger partial charge in [-0.3, -0.25) is 19.2 Å². The second kappa shape index (κ2) is 18.9. The molecule has 3 aromatic rings. The summed E-state index contributed by atoms with van der Waals surface area (Å²) in [5, 5.41) is 40.7. The third-order valence-electron chi connectivity index (χ3n) is 14.4. The molecule has 15 heteroatoms. The molecule has 0 radical (unpaired) electrons. The molecule has 2 saturated carbocycles. The first kappa shape index (κ1) is 48.2. The van der Waals surface area contributed by atoms with Crippen LogP contribution >= 0.6 is 0 Å². The monoisotopic (exact) mass is 909 g/mol. The maximum absolute atomic E-state index is 15.7. The smallest absolute Gasteiger partial charge is 0.338 e. The Morgan fingerprint density at radius 2 is 1.47 bits per heavy atom. The second-order valence-electron chi connectivity index (χ2n) is 18.7. The van der Waals surface area contributed by atoms with Crippen molar-refractivity contribution in [3.8, 4) is 0 Å². The molecule has 352 valence electrons. The fraction of sp³-hybridized carbons (Fsp3) is 0.490. The van der Waals surface area contributed by atoms with Crippen LogP contribution in [-0.4, -0.2) is 105 Å². The summed E-state index contributed by atoms with van der Waals surface area (Å²) < 4.78 is 31.0. The van der Waals surface area contributed by atoms with E-state index in [0.717, 1.165) is 19.8 Å². The van der Waals surface area contributed by atoms with E-state index in [0.29, 0.717) is 12.0 Å². The third kappa shape index (κ3) is 8.46. The lowest BCUT2D eigenvalue weighted by Gasteiger charge is -2.67. The molecule has 3 aliphatic carbocycles. The van der Waals surface area contributed by atoms with Gasteiger partial charge in [-0.05, 0) is 61.2 Å². The SMILES string of the molecule is CCCCCC(=O)O[C@@]12CO[C@@H]1C[C@H](O)[C@@]1(C)C(=O)[C@H](OC(C)=O)C3=C(C)[C@@H](OC(=O)[C@H](O)C(NC(=O)c4ccccc4)c4ccccc4)C[C@@](O)([C@@H](OC(=O)c4ccccc4)C12)C3(C)C. The van der Waals surface area contributed by atoms with Crippen LogP contribution in [0.2, 0.25) is 0 Å². The summed E-state index contributed by atoms with van der Waals surface area (Å²) in [6.45, 7) is 8.91. The number of unbranched alkanes of at least 4 members (excludes halogenated alkanes) is 2. The fourth-order valence-electron chi connectivity index (χ4n) is 10.7. The Morgan fingerprint density at radius 3 is 2.05 bits per heavy atom. The fourth-order valence-corrected chi connectivity index (χ4v) is 10.7. The van der Waals surface area contributed by atoms with Crippen LogP contribution in [0, 0.1) is 16.7 Å². The molecule has 1 aliphatic heterocycles. The summed E-state index contributed by atoms with van der Waals surface area (Å²) >= 11 is 0. The van der Waals surface area contributed by atoms with E-state index in [4.69, 9.17) is 23.7 Å². The number of esters is 4. The van der Waals surface area contributed by atoms with E-state index in [9.17, 15) is 39.3 Å². The van der Waals surface area contributed by atoms with Gasteiger partial charge in [0.2, 0.25) is 0 Å². The lowest BCUT2D eigenvalue weighted by molar-refractivity contribution is -0.346.